The second kappa shape index (κ2) is 6.19. The van der Waals surface area contributed by atoms with Crippen molar-refractivity contribution in [3.63, 3.8) is 0 Å². The summed E-state index contributed by atoms with van der Waals surface area (Å²) < 4.78 is 38.2. The quantitative estimate of drug-likeness (QED) is 0.428. The Morgan fingerprint density at radius 2 is 1.55 bits per heavy atom. The van der Waals surface area contributed by atoms with E-state index in [4.69, 9.17) is 11.6 Å². The molecule has 0 aromatic heterocycles. The highest BCUT2D eigenvalue weighted by Crippen LogP contribution is 2.35. The van der Waals surface area contributed by atoms with Crippen molar-refractivity contribution < 1.29 is 18.1 Å². The number of alkyl halides is 3. The summed E-state index contributed by atoms with van der Waals surface area (Å²) in [4.78, 5) is 10.00. The van der Waals surface area contributed by atoms with Gasteiger partial charge in [0.15, 0.2) is 0 Å². The van der Waals surface area contributed by atoms with Crippen LogP contribution in [0.25, 0.3) is 12.2 Å². The van der Waals surface area contributed by atoms with E-state index in [0.29, 0.717) is 11.1 Å². The minimum absolute atomic E-state index is 0.0528. The zero-order valence-corrected chi connectivity index (χ0v) is 11.7. The minimum atomic E-state index is -4.52. The molecule has 7 heteroatoms. The summed E-state index contributed by atoms with van der Waals surface area (Å²) in [5.74, 6) is 0. The van der Waals surface area contributed by atoms with Crippen LogP contribution in [0.3, 0.4) is 0 Å². The summed E-state index contributed by atoms with van der Waals surface area (Å²) in [7, 11) is 0. The molecule has 0 N–H and O–H groups in total. The lowest BCUT2D eigenvalue weighted by Crippen LogP contribution is -2.05. The fourth-order valence-corrected chi connectivity index (χ4v) is 1.99. The summed E-state index contributed by atoms with van der Waals surface area (Å²) in [6.07, 6.45) is -1.48. The topological polar surface area (TPSA) is 43.1 Å². The third-order valence-electron chi connectivity index (χ3n) is 2.87. The van der Waals surface area contributed by atoms with E-state index < -0.39 is 16.7 Å². The first kappa shape index (κ1) is 16.0. The van der Waals surface area contributed by atoms with Crippen molar-refractivity contribution in [3.05, 3.63) is 74.3 Å². The van der Waals surface area contributed by atoms with Gasteiger partial charge in [0.2, 0.25) is 0 Å². The van der Waals surface area contributed by atoms with Gasteiger partial charge in [0.05, 0.1) is 15.5 Å². The number of hydrogen-bond acceptors (Lipinski definition) is 2. The molecule has 0 aliphatic rings. The van der Waals surface area contributed by atoms with E-state index in [9.17, 15) is 23.3 Å². The van der Waals surface area contributed by atoms with E-state index >= 15 is 0 Å². The molecule has 0 spiro atoms. The van der Waals surface area contributed by atoms with Gasteiger partial charge in [0.1, 0.15) is 0 Å². The van der Waals surface area contributed by atoms with Crippen molar-refractivity contribution in [3.8, 4) is 0 Å². The van der Waals surface area contributed by atoms with Crippen LogP contribution >= 0.6 is 11.6 Å². The van der Waals surface area contributed by atoms with Gasteiger partial charge >= 0.3 is 6.18 Å². The van der Waals surface area contributed by atoms with Crippen LogP contribution in [0.15, 0.2) is 42.5 Å². The second-order valence-electron chi connectivity index (χ2n) is 4.42. The molecule has 0 amide bonds. The van der Waals surface area contributed by atoms with Gasteiger partial charge < -0.3 is 0 Å². The average Bonchev–Trinajstić information content (AvgIpc) is 2.45. The SMILES string of the molecule is O=[N+]([O-])c1ccc(/C=C/c2ccc(Cl)c(C(F)(F)F)c2)cc1. The number of nitrogens with zero attached hydrogens (tertiary/aromatic N) is 1. The van der Waals surface area contributed by atoms with E-state index in [1.54, 1.807) is 6.08 Å². The molecule has 0 bridgehead atoms. The zero-order valence-electron chi connectivity index (χ0n) is 11.0. The second-order valence-corrected chi connectivity index (χ2v) is 4.83. The van der Waals surface area contributed by atoms with Gasteiger partial charge in [-0.25, -0.2) is 0 Å². The van der Waals surface area contributed by atoms with Crippen molar-refractivity contribution in [1.82, 2.24) is 0 Å². The van der Waals surface area contributed by atoms with Crippen molar-refractivity contribution in [2.45, 2.75) is 6.18 Å². The molecule has 22 heavy (non-hydrogen) atoms. The molecule has 0 unspecified atom stereocenters. The lowest BCUT2D eigenvalue weighted by atomic mass is 10.1. The third-order valence-corrected chi connectivity index (χ3v) is 3.20. The fraction of sp³-hybridized carbons (Fsp3) is 0.0667. The Morgan fingerprint density at radius 3 is 2.09 bits per heavy atom. The normalized spacial score (nSPS) is 11.8. The predicted molar refractivity (Wildman–Crippen MR) is 78.5 cm³/mol. The van der Waals surface area contributed by atoms with E-state index in [0.717, 1.165) is 6.07 Å². The molecule has 2 rings (SSSR count). The van der Waals surface area contributed by atoms with Crippen molar-refractivity contribution in [2.75, 3.05) is 0 Å². The number of non-ortho nitro benzene ring substituents is 1. The lowest BCUT2D eigenvalue weighted by Gasteiger charge is -2.09. The molecular formula is C15H9ClF3NO2. The highest BCUT2D eigenvalue weighted by molar-refractivity contribution is 6.31. The van der Waals surface area contributed by atoms with E-state index in [2.05, 4.69) is 0 Å². The highest BCUT2D eigenvalue weighted by atomic mass is 35.5. The van der Waals surface area contributed by atoms with Gasteiger partial charge in [0.25, 0.3) is 5.69 Å². The van der Waals surface area contributed by atoms with Crippen LogP contribution < -0.4 is 0 Å². The summed E-state index contributed by atoms with van der Waals surface area (Å²) in [5, 5.41) is 10.2. The molecule has 0 saturated carbocycles. The van der Waals surface area contributed by atoms with Gasteiger partial charge in [0, 0.05) is 12.1 Å². The van der Waals surface area contributed by atoms with Crippen LogP contribution in [0.1, 0.15) is 16.7 Å². The number of hydrogen-bond donors (Lipinski definition) is 0. The highest BCUT2D eigenvalue weighted by Gasteiger charge is 2.33. The molecule has 114 valence electrons. The Hall–Kier alpha value is -2.34. The molecule has 0 aliphatic carbocycles. The van der Waals surface area contributed by atoms with Gasteiger partial charge in [-0.05, 0) is 35.4 Å². The molecular weight excluding hydrogens is 319 g/mol. The van der Waals surface area contributed by atoms with Gasteiger partial charge in [-0.2, -0.15) is 13.2 Å². The number of benzene rings is 2. The Morgan fingerprint density at radius 1 is 1.00 bits per heavy atom. The molecule has 0 heterocycles. The first-order chi connectivity index (χ1) is 10.3. The van der Waals surface area contributed by atoms with Crippen LogP contribution in [-0.4, -0.2) is 4.92 Å². The Balaban J connectivity index is 2.25. The largest absolute Gasteiger partial charge is 0.417 e. The van der Waals surface area contributed by atoms with Crippen LogP contribution in [0.4, 0.5) is 18.9 Å². The first-order valence-corrected chi connectivity index (χ1v) is 6.44. The summed E-state index contributed by atoms with van der Waals surface area (Å²) >= 11 is 5.54. The van der Waals surface area contributed by atoms with Crippen LogP contribution in [0, 0.1) is 10.1 Å². The maximum absolute atomic E-state index is 12.7. The number of nitro groups is 1. The van der Waals surface area contributed by atoms with Crippen LogP contribution in [0.2, 0.25) is 5.02 Å². The summed E-state index contributed by atoms with van der Waals surface area (Å²) in [6, 6.07) is 9.25. The standard InChI is InChI=1S/C15H9ClF3NO2/c16-14-8-5-11(9-13(14)15(17,18)19)2-1-10-3-6-12(7-4-10)20(21)22/h1-9H/b2-1+. The molecule has 0 saturated heterocycles. The Bertz CT molecular complexity index is 725. The Labute approximate surface area is 128 Å². The van der Waals surface area contributed by atoms with Crippen LogP contribution in [-0.2, 0) is 6.18 Å². The lowest BCUT2D eigenvalue weighted by molar-refractivity contribution is -0.384. The van der Waals surface area contributed by atoms with Gasteiger partial charge in [-0.15, -0.1) is 0 Å². The maximum Gasteiger partial charge on any atom is 0.417 e. The van der Waals surface area contributed by atoms with Crippen molar-refractivity contribution in [1.29, 1.82) is 0 Å². The minimum Gasteiger partial charge on any atom is -0.258 e. The molecule has 0 radical (unpaired) electrons. The van der Waals surface area contributed by atoms with E-state index in [-0.39, 0.29) is 10.7 Å². The fourth-order valence-electron chi connectivity index (χ4n) is 1.76. The maximum atomic E-state index is 12.7. The summed E-state index contributed by atoms with van der Waals surface area (Å²) in [6.45, 7) is 0. The monoisotopic (exact) mass is 327 g/mol. The third kappa shape index (κ3) is 3.85. The summed E-state index contributed by atoms with van der Waals surface area (Å²) in [5.41, 5.74) is 0.00667. The van der Waals surface area contributed by atoms with Gasteiger partial charge in [-0.1, -0.05) is 29.8 Å². The molecule has 0 fully saturated rings. The number of nitro benzene ring substituents is 1. The number of rotatable bonds is 3. The number of halogens is 4. The molecule has 0 atom stereocenters. The van der Waals surface area contributed by atoms with Crippen molar-refractivity contribution >= 4 is 29.4 Å². The Kier molecular flexibility index (Phi) is 4.51. The average molecular weight is 328 g/mol. The molecule has 2 aromatic rings. The first-order valence-electron chi connectivity index (χ1n) is 6.06. The van der Waals surface area contributed by atoms with E-state index in [1.807, 2.05) is 0 Å². The van der Waals surface area contributed by atoms with Crippen molar-refractivity contribution in [2.24, 2.45) is 0 Å². The molecule has 0 aliphatic heterocycles. The van der Waals surface area contributed by atoms with Crippen LogP contribution in [0.5, 0.6) is 0 Å². The zero-order chi connectivity index (χ0) is 16.3. The van der Waals surface area contributed by atoms with E-state index in [1.165, 1.54) is 42.5 Å². The molecule has 3 nitrogen and oxygen atoms in total. The predicted octanol–water partition coefficient (Wildman–Crippen LogP) is 5.44. The molecule has 2 aromatic carbocycles. The van der Waals surface area contributed by atoms with Gasteiger partial charge in [-0.3, -0.25) is 10.1 Å². The smallest absolute Gasteiger partial charge is 0.258 e.